The van der Waals surface area contributed by atoms with Crippen LogP contribution in [0, 0.1) is 0 Å². The van der Waals surface area contributed by atoms with E-state index >= 15 is 0 Å². The summed E-state index contributed by atoms with van der Waals surface area (Å²) in [5, 5.41) is 0. The Morgan fingerprint density at radius 1 is 0.683 bits per heavy atom. The zero-order chi connectivity index (χ0) is 26.9. The molecule has 1 nitrogen and oxygen atoms in total. The van der Waals surface area contributed by atoms with Gasteiger partial charge in [-0.15, -0.1) is 0 Å². The number of rotatable bonds is 7. The molecule has 0 fully saturated rings. The van der Waals surface area contributed by atoms with Crippen molar-refractivity contribution in [3.8, 4) is 11.1 Å². The van der Waals surface area contributed by atoms with Crippen molar-refractivity contribution in [3.63, 3.8) is 0 Å². The molecule has 0 saturated carbocycles. The Labute approximate surface area is 266 Å². The van der Waals surface area contributed by atoms with Crippen molar-refractivity contribution in [2.45, 2.75) is 49.8 Å². The summed E-state index contributed by atoms with van der Waals surface area (Å²) in [4.78, 5) is 2.61. The van der Waals surface area contributed by atoms with Crippen LogP contribution in [0.1, 0.15) is 60.0 Å². The van der Waals surface area contributed by atoms with Gasteiger partial charge in [-0.2, -0.15) is 0 Å². The van der Waals surface area contributed by atoms with Crippen LogP contribution in [0.25, 0.3) is 11.1 Å². The maximum Gasteiger partial charge on any atom is -1.00 e. The first kappa shape index (κ1) is 31.4. The van der Waals surface area contributed by atoms with Crippen molar-refractivity contribution in [1.82, 2.24) is 0 Å². The number of anilines is 1. The average molecular weight is 658 g/mol. The van der Waals surface area contributed by atoms with Crippen molar-refractivity contribution in [1.29, 1.82) is 0 Å². The minimum atomic E-state index is -2.62. The minimum absolute atomic E-state index is 0. The van der Waals surface area contributed by atoms with Gasteiger partial charge in [-0.3, -0.25) is 0 Å². The first-order valence-corrected chi connectivity index (χ1v) is 18.2. The molecule has 0 spiro atoms. The molecule has 0 aromatic heterocycles. The van der Waals surface area contributed by atoms with E-state index in [2.05, 4.69) is 154 Å². The molecule has 1 atom stereocenters. The third kappa shape index (κ3) is 5.90. The fourth-order valence-corrected chi connectivity index (χ4v) is 15.7. The predicted molar refractivity (Wildman–Crippen MR) is 164 cm³/mol. The molecule has 1 unspecified atom stereocenters. The molecule has 4 heteroatoms. The molecule has 2 aliphatic rings. The zero-order valence-corrected chi connectivity index (χ0v) is 28.2. The van der Waals surface area contributed by atoms with Gasteiger partial charge < -0.3 is 24.8 Å². The molecule has 41 heavy (non-hydrogen) atoms. The number of halogens is 2. The van der Waals surface area contributed by atoms with Crippen LogP contribution in [0.5, 0.6) is 0 Å². The van der Waals surface area contributed by atoms with E-state index in [0.29, 0.717) is 15.7 Å². The smallest absolute Gasteiger partial charge is 1.00 e. The zero-order valence-electron chi connectivity index (χ0n) is 24.2. The van der Waals surface area contributed by atoms with Crippen molar-refractivity contribution >= 4 is 8.89 Å². The molecule has 0 amide bonds. The first-order valence-electron chi connectivity index (χ1n) is 14.3. The van der Waals surface area contributed by atoms with Crippen LogP contribution in [0.15, 0.2) is 125 Å². The second-order valence-electron chi connectivity index (χ2n) is 11.2. The molecule has 208 valence electrons. The second-order valence-corrected chi connectivity index (χ2v) is 17.5. The summed E-state index contributed by atoms with van der Waals surface area (Å²) in [5.41, 5.74) is 10.1. The van der Waals surface area contributed by atoms with Crippen LogP contribution in [0.4, 0.5) is 5.69 Å². The third-order valence-electron chi connectivity index (χ3n) is 8.12. The van der Waals surface area contributed by atoms with Gasteiger partial charge in [0.25, 0.3) is 0 Å². The Balaban J connectivity index is 0.00000194. The van der Waals surface area contributed by atoms with Gasteiger partial charge in [-0.05, 0) is 0 Å². The molecule has 0 aliphatic heterocycles. The fourth-order valence-electron chi connectivity index (χ4n) is 6.74. The Hall–Kier alpha value is -2.51. The summed E-state index contributed by atoms with van der Waals surface area (Å²) in [6.07, 6.45) is 8.19. The van der Waals surface area contributed by atoms with Crippen molar-refractivity contribution in [3.05, 3.63) is 147 Å². The molecule has 4 aromatic rings. The summed E-state index contributed by atoms with van der Waals surface area (Å²) >= 11 is -2.62. The van der Waals surface area contributed by atoms with Gasteiger partial charge in [-0.25, -0.2) is 0 Å². The number of hydrogen-bond donors (Lipinski definition) is 0. The number of fused-ring (bicyclic) bond motifs is 3. The van der Waals surface area contributed by atoms with Gasteiger partial charge in [0.15, 0.2) is 0 Å². The van der Waals surface area contributed by atoms with E-state index in [1.54, 1.807) is 6.49 Å². The quantitative estimate of drug-likeness (QED) is 0.296. The van der Waals surface area contributed by atoms with E-state index in [4.69, 9.17) is 0 Å². The van der Waals surface area contributed by atoms with Gasteiger partial charge >= 0.3 is 243 Å². The third-order valence-corrected chi connectivity index (χ3v) is 16.4. The van der Waals surface area contributed by atoms with Crippen molar-refractivity contribution in [2.24, 2.45) is 0 Å². The maximum atomic E-state index is 2.61. The van der Waals surface area contributed by atoms with Crippen LogP contribution in [-0.4, -0.2) is 15.3 Å². The fraction of sp³-hybridized carbons (Fsp3) is 0.216. The molecule has 0 saturated heterocycles. The number of hydrogen-bond acceptors (Lipinski definition) is 1. The SMILES string of the molecule is CC(C)N(c1cccc2c1-c1ccccc1[CH]2[Zr+2]([C]1=CC=CC1)=[C](c1ccccc1)c1ccccc1)C(C)C.[Cl-].[Cl-]. The molecule has 2 aliphatic carbocycles. The van der Waals surface area contributed by atoms with Gasteiger partial charge in [0.05, 0.1) is 0 Å². The van der Waals surface area contributed by atoms with Crippen LogP contribution in [-0.2, 0) is 21.3 Å². The predicted octanol–water partition coefficient (Wildman–Crippen LogP) is 3.12. The van der Waals surface area contributed by atoms with Crippen LogP contribution in [0.3, 0.4) is 0 Å². The molecule has 0 bridgehead atoms. The second kappa shape index (κ2) is 13.6. The van der Waals surface area contributed by atoms with Gasteiger partial charge in [0, 0.05) is 0 Å². The summed E-state index contributed by atoms with van der Waals surface area (Å²) < 4.78 is 3.72. The Kier molecular flexibility index (Phi) is 10.5. The molecule has 4 aromatic carbocycles. The monoisotopic (exact) mass is 655 g/mol. The molecule has 0 radical (unpaired) electrons. The number of benzene rings is 4. The largest absolute Gasteiger partial charge is 1.00 e. The molecule has 6 rings (SSSR count). The molecular formula is C37H37Cl2NZr. The van der Waals surface area contributed by atoms with Crippen LogP contribution in [0.2, 0.25) is 0 Å². The Bertz CT molecular complexity index is 1540. The van der Waals surface area contributed by atoms with E-state index in [9.17, 15) is 0 Å². The van der Waals surface area contributed by atoms with Gasteiger partial charge in [0.1, 0.15) is 0 Å². The van der Waals surface area contributed by atoms with Crippen LogP contribution < -0.4 is 29.7 Å². The summed E-state index contributed by atoms with van der Waals surface area (Å²) in [7, 11) is 0. The summed E-state index contributed by atoms with van der Waals surface area (Å²) in [5.74, 6) is 0. The standard InChI is InChI=1S/C19H22N.C13H10.C5H5.2ClH.Zr/c1-13(2)20(14(3)4)18-11-7-9-16-12-15-8-5-6-10-17(15)19(16)18;1-3-7-12(8-4-1)11-13-9-5-2-6-10-13;1-2-4-5-3-1;;;/h5-14H,1-4H3;1-10H;1-3H,4H2;2*1H;/q;;;;;+2/p-2. The number of allylic oxidation sites excluding steroid dienone is 4. The van der Waals surface area contributed by atoms with Crippen molar-refractivity contribution < 1.29 is 46.1 Å². The van der Waals surface area contributed by atoms with Crippen LogP contribution >= 0.6 is 0 Å². The first-order chi connectivity index (χ1) is 19.1. The van der Waals surface area contributed by atoms with Gasteiger partial charge in [-0.1, -0.05) is 0 Å². The normalized spacial score (nSPS) is 14.4. The minimum Gasteiger partial charge on any atom is -1.00 e. The van der Waals surface area contributed by atoms with E-state index in [1.165, 1.54) is 39.1 Å². The molecule has 0 N–H and O–H groups in total. The van der Waals surface area contributed by atoms with Gasteiger partial charge in [0.2, 0.25) is 0 Å². The van der Waals surface area contributed by atoms with E-state index in [0.717, 1.165) is 6.42 Å². The Morgan fingerprint density at radius 3 is 1.80 bits per heavy atom. The average Bonchev–Trinajstić information content (AvgIpc) is 3.60. The van der Waals surface area contributed by atoms with E-state index < -0.39 is 21.3 Å². The van der Waals surface area contributed by atoms with E-state index in [1.807, 2.05) is 0 Å². The van der Waals surface area contributed by atoms with E-state index in [-0.39, 0.29) is 24.8 Å². The molecule has 0 heterocycles. The Morgan fingerprint density at radius 2 is 1.24 bits per heavy atom. The number of nitrogens with zero attached hydrogens (tertiary/aromatic N) is 1. The molecular weight excluding hydrogens is 621 g/mol. The summed E-state index contributed by atoms with van der Waals surface area (Å²) in [6, 6.07) is 39.7. The maximum absolute atomic E-state index is 2.62. The summed E-state index contributed by atoms with van der Waals surface area (Å²) in [6.45, 7) is 9.30. The van der Waals surface area contributed by atoms with Crippen molar-refractivity contribution in [2.75, 3.05) is 4.90 Å². The topological polar surface area (TPSA) is 3.24 Å².